The molecule has 0 radical (unpaired) electrons. The number of carbonyl (C=O) groups excluding carboxylic acids is 1. The quantitative estimate of drug-likeness (QED) is 0.638. The van der Waals surface area contributed by atoms with Crippen molar-refractivity contribution in [2.24, 2.45) is 0 Å². The Kier molecular flexibility index (Phi) is 4.46. The van der Waals surface area contributed by atoms with Crippen molar-refractivity contribution in [3.63, 3.8) is 0 Å². The number of carbonyl (C=O) groups is 1. The molecule has 0 aliphatic carbocycles. The highest BCUT2D eigenvalue weighted by molar-refractivity contribution is 6.03. The predicted octanol–water partition coefficient (Wildman–Crippen LogP) is 5.11. The van der Waals surface area contributed by atoms with Gasteiger partial charge in [0.15, 0.2) is 5.76 Å². The van der Waals surface area contributed by atoms with Crippen LogP contribution in [0.5, 0.6) is 0 Å². The van der Waals surface area contributed by atoms with Crippen LogP contribution in [0.15, 0.2) is 59.0 Å². The van der Waals surface area contributed by atoms with E-state index in [1.54, 1.807) is 25.1 Å². The Morgan fingerprint density at radius 3 is 2.54 bits per heavy atom. The first kappa shape index (κ1) is 17.6. The SMILES string of the molecule is Cc1cc(N)ccc1NC(=O)c1ccc(-c2cccc(C(F)(F)F)c2)o1. The predicted molar refractivity (Wildman–Crippen MR) is 92.7 cm³/mol. The Labute approximate surface area is 147 Å². The molecule has 0 bridgehead atoms. The normalized spacial score (nSPS) is 11.4. The maximum absolute atomic E-state index is 12.8. The molecule has 3 N–H and O–H groups in total. The zero-order chi connectivity index (χ0) is 18.9. The zero-order valence-electron chi connectivity index (χ0n) is 13.7. The summed E-state index contributed by atoms with van der Waals surface area (Å²) in [6, 6.07) is 12.6. The van der Waals surface area contributed by atoms with E-state index in [0.717, 1.165) is 17.7 Å². The summed E-state index contributed by atoms with van der Waals surface area (Å²) in [7, 11) is 0. The summed E-state index contributed by atoms with van der Waals surface area (Å²) in [6.07, 6.45) is -4.45. The van der Waals surface area contributed by atoms with Crippen LogP contribution >= 0.6 is 0 Å². The number of rotatable bonds is 3. The third-order valence-electron chi connectivity index (χ3n) is 3.80. The van der Waals surface area contributed by atoms with Gasteiger partial charge in [-0.1, -0.05) is 12.1 Å². The van der Waals surface area contributed by atoms with E-state index in [4.69, 9.17) is 10.2 Å². The van der Waals surface area contributed by atoms with E-state index in [1.165, 1.54) is 24.3 Å². The molecule has 26 heavy (non-hydrogen) atoms. The molecule has 0 spiro atoms. The lowest BCUT2D eigenvalue weighted by Gasteiger charge is -2.08. The molecule has 1 aromatic heterocycles. The average Bonchev–Trinajstić information content (AvgIpc) is 3.07. The fraction of sp³-hybridized carbons (Fsp3) is 0.105. The molecule has 3 aromatic rings. The van der Waals surface area contributed by atoms with E-state index >= 15 is 0 Å². The molecule has 7 heteroatoms. The molecule has 0 atom stereocenters. The van der Waals surface area contributed by atoms with E-state index in [2.05, 4.69) is 5.32 Å². The second-order valence-corrected chi connectivity index (χ2v) is 5.77. The van der Waals surface area contributed by atoms with Crippen molar-refractivity contribution in [2.75, 3.05) is 11.1 Å². The number of furan rings is 1. The second kappa shape index (κ2) is 6.59. The fourth-order valence-electron chi connectivity index (χ4n) is 2.47. The molecule has 1 amide bonds. The number of nitrogens with one attached hydrogen (secondary N) is 1. The number of hydrogen-bond acceptors (Lipinski definition) is 3. The zero-order valence-corrected chi connectivity index (χ0v) is 13.7. The first-order valence-electron chi connectivity index (χ1n) is 7.69. The summed E-state index contributed by atoms with van der Waals surface area (Å²) >= 11 is 0. The van der Waals surface area contributed by atoms with Crippen LogP contribution in [0.25, 0.3) is 11.3 Å². The largest absolute Gasteiger partial charge is 0.451 e. The number of halogens is 3. The number of alkyl halides is 3. The van der Waals surface area contributed by atoms with Crippen LogP contribution in [0.4, 0.5) is 24.5 Å². The third-order valence-corrected chi connectivity index (χ3v) is 3.80. The van der Waals surface area contributed by atoms with Crippen molar-refractivity contribution in [2.45, 2.75) is 13.1 Å². The molecule has 134 valence electrons. The lowest BCUT2D eigenvalue weighted by atomic mass is 10.1. The first-order valence-corrected chi connectivity index (χ1v) is 7.69. The molecule has 2 aromatic carbocycles. The van der Waals surface area contributed by atoms with Crippen molar-refractivity contribution in [3.05, 3.63) is 71.5 Å². The van der Waals surface area contributed by atoms with Crippen LogP contribution in [-0.2, 0) is 6.18 Å². The van der Waals surface area contributed by atoms with Gasteiger partial charge in [-0.05, 0) is 55.0 Å². The van der Waals surface area contributed by atoms with Gasteiger partial charge in [0, 0.05) is 16.9 Å². The van der Waals surface area contributed by atoms with E-state index in [9.17, 15) is 18.0 Å². The molecule has 4 nitrogen and oxygen atoms in total. The van der Waals surface area contributed by atoms with Crippen LogP contribution in [0, 0.1) is 6.92 Å². The molecular formula is C19H15F3N2O2. The Hall–Kier alpha value is -3.22. The standard InChI is InChI=1S/C19H15F3N2O2/c1-11-9-14(23)5-6-15(11)24-18(25)17-8-7-16(26-17)12-3-2-4-13(10-12)19(20,21)22/h2-10H,23H2,1H3,(H,24,25). The van der Waals surface area contributed by atoms with Gasteiger partial charge in [-0.25, -0.2) is 0 Å². The number of benzene rings is 2. The first-order chi connectivity index (χ1) is 12.2. The molecular weight excluding hydrogens is 345 g/mol. The fourth-order valence-corrected chi connectivity index (χ4v) is 2.47. The summed E-state index contributed by atoms with van der Waals surface area (Å²) in [5, 5.41) is 2.69. The number of nitrogen functional groups attached to an aromatic ring is 1. The molecule has 0 saturated heterocycles. The van der Waals surface area contributed by atoms with Gasteiger partial charge in [0.2, 0.25) is 0 Å². The highest BCUT2D eigenvalue weighted by Gasteiger charge is 2.30. The van der Waals surface area contributed by atoms with Crippen LogP contribution in [-0.4, -0.2) is 5.91 Å². The number of aryl methyl sites for hydroxylation is 1. The highest BCUT2D eigenvalue weighted by Crippen LogP contribution is 2.32. The number of hydrogen-bond donors (Lipinski definition) is 2. The summed E-state index contributed by atoms with van der Waals surface area (Å²) < 4.78 is 43.9. The van der Waals surface area contributed by atoms with E-state index in [-0.39, 0.29) is 17.1 Å². The molecule has 3 rings (SSSR count). The molecule has 0 saturated carbocycles. The summed E-state index contributed by atoms with van der Waals surface area (Å²) in [5.74, 6) is -0.333. The van der Waals surface area contributed by atoms with Gasteiger partial charge in [0.1, 0.15) is 5.76 Å². The van der Waals surface area contributed by atoms with Gasteiger partial charge >= 0.3 is 6.18 Å². The maximum atomic E-state index is 12.8. The van der Waals surface area contributed by atoms with Crippen molar-refractivity contribution in [3.8, 4) is 11.3 Å². The highest BCUT2D eigenvalue weighted by atomic mass is 19.4. The van der Waals surface area contributed by atoms with E-state index in [1.807, 2.05) is 0 Å². The van der Waals surface area contributed by atoms with Crippen molar-refractivity contribution >= 4 is 17.3 Å². The van der Waals surface area contributed by atoms with Crippen LogP contribution in [0.1, 0.15) is 21.7 Å². The average molecular weight is 360 g/mol. The number of anilines is 2. The summed E-state index contributed by atoms with van der Waals surface area (Å²) in [5.41, 5.74) is 7.05. The molecule has 1 heterocycles. The topological polar surface area (TPSA) is 68.3 Å². The monoisotopic (exact) mass is 360 g/mol. The Bertz CT molecular complexity index is 961. The van der Waals surface area contributed by atoms with Gasteiger partial charge in [-0.15, -0.1) is 0 Å². The minimum atomic E-state index is -4.45. The minimum Gasteiger partial charge on any atom is -0.451 e. The van der Waals surface area contributed by atoms with E-state index < -0.39 is 17.6 Å². The Balaban J connectivity index is 1.82. The van der Waals surface area contributed by atoms with Crippen molar-refractivity contribution in [1.29, 1.82) is 0 Å². The van der Waals surface area contributed by atoms with Crippen LogP contribution in [0.3, 0.4) is 0 Å². The molecule has 0 fully saturated rings. The molecule has 0 aliphatic heterocycles. The van der Waals surface area contributed by atoms with Crippen molar-refractivity contribution in [1.82, 2.24) is 0 Å². The van der Waals surface area contributed by atoms with E-state index in [0.29, 0.717) is 11.4 Å². The van der Waals surface area contributed by atoms with Gasteiger partial charge in [0.25, 0.3) is 5.91 Å². The number of amides is 1. The van der Waals surface area contributed by atoms with Gasteiger partial charge in [-0.3, -0.25) is 4.79 Å². The van der Waals surface area contributed by atoms with Crippen LogP contribution in [0.2, 0.25) is 0 Å². The van der Waals surface area contributed by atoms with Gasteiger partial charge < -0.3 is 15.5 Å². The molecule has 0 aliphatic rings. The lowest BCUT2D eigenvalue weighted by molar-refractivity contribution is -0.137. The molecule has 0 unspecified atom stereocenters. The van der Waals surface area contributed by atoms with Crippen molar-refractivity contribution < 1.29 is 22.4 Å². The third kappa shape index (κ3) is 3.72. The second-order valence-electron chi connectivity index (χ2n) is 5.77. The smallest absolute Gasteiger partial charge is 0.416 e. The van der Waals surface area contributed by atoms with Crippen LogP contribution < -0.4 is 11.1 Å². The lowest BCUT2D eigenvalue weighted by Crippen LogP contribution is -2.11. The van der Waals surface area contributed by atoms with Gasteiger partial charge in [0.05, 0.1) is 5.56 Å². The summed E-state index contributed by atoms with van der Waals surface area (Å²) in [4.78, 5) is 12.3. The Morgan fingerprint density at radius 1 is 1.08 bits per heavy atom. The Morgan fingerprint density at radius 2 is 1.85 bits per heavy atom. The minimum absolute atomic E-state index is 0.00589. The summed E-state index contributed by atoms with van der Waals surface area (Å²) in [6.45, 7) is 1.79. The number of nitrogens with two attached hydrogens (primary N) is 1. The van der Waals surface area contributed by atoms with Gasteiger partial charge in [-0.2, -0.15) is 13.2 Å². The maximum Gasteiger partial charge on any atom is 0.416 e.